The van der Waals surface area contributed by atoms with Crippen LogP contribution in [0.3, 0.4) is 0 Å². The smallest absolute Gasteiger partial charge is 0.243 e. The number of aromatic nitrogens is 2. The third-order valence-electron chi connectivity index (χ3n) is 1.79. The molecule has 5 nitrogen and oxygen atoms in total. The zero-order valence-corrected chi connectivity index (χ0v) is 8.06. The number of rotatable bonds is 2. The molecule has 0 spiro atoms. The van der Waals surface area contributed by atoms with Crippen LogP contribution in [0.15, 0.2) is 12.4 Å². The van der Waals surface area contributed by atoms with Gasteiger partial charge in [0.15, 0.2) is 0 Å². The van der Waals surface area contributed by atoms with Crippen LogP contribution < -0.4 is 5.73 Å². The van der Waals surface area contributed by atoms with Gasteiger partial charge in [-0.2, -0.15) is 5.10 Å². The zero-order valence-electron chi connectivity index (χ0n) is 8.06. The van der Waals surface area contributed by atoms with Crippen LogP contribution in [-0.4, -0.2) is 34.7 Å². The van der Waals surface area contributed by atoms with E-state index in [1.54, 1.807) is 38.2 Å². The van der Waals surface area contributed by atoms with Crippen LogP contribution in [-0.2, 0) is 11.8 Å². The Hall–Kier alpha value is -1.36. The van der Waals surface area contributed by atoms with Crippen LogP contribution in [0.5, 0.6) is 0 Å². The van der Waals surface area contributed by atoms with Crippen LogP contribution in [0, 0.1) is 0 Å². The van der Waals surface area contributed by atoms with E-state index in [1.807, 2.05) is 0 Å². The predicted octanol–water partition coefficient (Wildman–Crippen LogP) is -0.492. The summed E-state index contributed by atoms with van der Waals surface area (Å²) in [7, 11) is 5.15. The highest BCUT2D eigenvalue weighted by Gasteiger charge is 2.18. The highest BCUT2D eigenvalue weighted by molar-refractivity contribution is 5.82. The molecule has 1 aromatic heterocycles. The summed E-state index contributed by atoms with van der Waals surface area (Å²) >= 11 is 0. The Kier molecular flexibility index (Phi) is 2.67. The molecule has 0 bridgehead atoms. The Bertz CT molecular complexity index is 305. The molecule has 1 atom stereocenters. The number of nitrogens with two attached hydrogens (primary N) is 1. The van der Waals surface area contributed by atoms with Gasteiger partial charge in [0.05, 0.1) is 6.20 Å². The average Bonchev–Trinajstić information content (AvgIpc) is 2.49. The molecule has 0 saturated heterocycles. The van der Waals surface area contributed by atoms with Crippen molar-refractivity contribution in [1.82, 2.24) is 14.7 Å². The SMILES string of the molecule is CN(C)C(=O)C(N)c1cnn(C)c1. The first-order valence-electron chi connectivity index (χ1n) is 3.97. The normalized spacial score (nSPS) is 12.6. The van der Waals surface area contributed by atoms with Gasteiger partial charge in [0.25, 0.3) is 0 Å². The molecule has 1 heterocycles. The van der Waals surface area contributed by atoms with Gasteiger partial charge in [-0.15, -0.1) is 0 Å². The Labute approximate surface area is 77.1 Å². The van der Waals surface area contributed by atoms with Gasteiger partial charge >= 0.3 is 0 Å². The van der Waals surface area contributed by atoms with Gasteiger partial charge in [0.2, 0.25) is 5.91 Å². The van der Waals surface area contributed by atoms with Crippen molar-refractivity contribution in [3.8, 4) is 0 Å². The average molecular weight is 182 g/mol. The topological polar surface area (TPSA) is 64.2 Å². The molecule has 0 aliphatic rings. The van der Waals surface area contributed by atoms with Crippen molar-refractivity contribution in [2.24, 2.45) is 12.8 Å². The molecule has 1 aromatic rings. The minimum absolute atomic E-state index is 0.118. The van der Waals surface area contributed by atoms with E-state index < -0.39 is 6.04 Å². The quantitative estimate of drug-likeness (QED) is 0.671. The number of likely N-dealkylation sites (N-methyl/N-ethyl adjacent to an activating group) is 1. The van der Waals surface area contributed by atoms with E-state index in [-0.39, 0.29) is 5.91 Å². The lowest BCUT2D eigenvalue weighted by Crippen LogP contribution is -2.32. The van der Waals surface area contributed by atoms with E-state index >= 15 is 0 Å². The summed E-state index contributed by atoms with van der Waals surface area (Å²) in [6.45, 7) is 0. The van der Waals surface area contributed by atoms with Crippen LogP contribution in [0.2, 0.25) is 0 Å². The fraction of sp³-hybridized carbons (Fsp3) is 0.500. The third-order valence-corrected chi connectivity index (χ3v) is 1.79. The van der Waals surface area contributed by atoms with Crippen LogP contribution in [0.25, 0.3) is 0 Å². The summed E-state index contributed by atoms with van der Waals surface area (Å²) in [5.41, 5.74) is 6.45. The van der Waals surface area contributed by atoms with Gasteiger partial charge in [-0.3, -0.25) is 9.48 Å². The molecule has 0 aliphatic heterocycles. The van der Waals surface area contributed by atoms with E-state index in [0.717, 1.165) is 5.56 Å². The molecular formula is C8H14N4O. The van der Waals surface area contributed by atoms with Crippen molar-refractivity contribution < 1.29 is 4.79 Å². The summed E-state index contributed by atoms with van der Waals surface area (Å²) in [5.74, 6) is -0.118. The van der Waals surface area contributed by atoms with E-state index in [1.165, 1.54) is 4.90 Å². The molecular weight excluding hydrogens is 168 g/mol. The highest BCUT2D eigenvalue weighted by Crippen LogP contribution is 2.09. The highest BCUT2D eigenvalue weighted by atomic mass is 16.2. The largest absolute Gasteiger partial charge is 0.347 e. The number of aryl methyl sites for hydroxylation is 1. The second-order valence-electron chi connectivity index (χ2n) is 3.16. The summed E-state index contributed by atoms with van der Waals surface area (Å²) in [4.78, 5) is 12.9. The van der Waals surface area contributed by atoms with Crippen LogP contribution in [0.1, 0.15) is 11.6 Å². The van der Waals surface area contributed by atoms with Gasteiger partial charge in [0, 0.05) is 32.9 Å². The van der Waals surface area contributed by atoms with E-state index in [0.29, 0.717) is 0 Å². The second kappa shape index (κ2) is 3.57. The van der Waals surface area contributed by atoms with Crippen LogP contribution >= 0.6 is 0 Å². The van der Waals surface area contributed by atoms with Crippen LogP contribution in [0.4, 0.5) is 0 Å². The lowest BCUT2D eigenvalue weighted by molar-refractivity contribution is -0.130. The van der Waals surface area contributed by atoms with Crippen molar-refractivity contribution >= 4 is 5.91 Å². The molecule has 1 rings (SSSR count). The Morgan fingerprint density at radius 3 is 2.69 bits per heavy atom. The second-order valence-corrected chi connectivity index (χ2v) is 3.16. The molecule has 0 aromatic carbocycles. The van der Waals surface area contributed by atoms with E-state index in [2.05, 4.69) is 5.10 Å². The number of amides is 1. The Morgan fingerprint density at radius 1 is 1.69 bits per heavy atom. The van der Waals surface area contributed by atoms with Gasteiger partial charge < -0.3 is 10.6 Å². The van der Waals surface area contributed by atoms with Crippen molar-refractivity contribution in [2.45, 2.75) is 6.04 Å². The molecule has 5 heteroatoms. The maximum absolute atomic E-state index is 11.4. The maximum Gasteiger partial charge on any atom is 0.243 e. The Morgan fingerprint density at radius 2 is 2.31 bits per heavy atom. The predicted molar refractivity (Wildman–Crippen MR) is 48.8 cm³/mol. The Balaban J connectivity index is 2.79. The number of hydrogen-bond acceptors (Lipinski definition) is 3. The number of hydrogen-bond donors (Lipinski definition) is 1. The summed E-state index contributed by atoms with van der Waals surface area (Å²) in [5, 5.41) is 3.95. The molecule has 2 N–H and O–H groups in total. The molecule has 13 heavy (non-hydrogen) atoms. The molecule has 0 saturated carbocycles. The van der Waals surface area contributed by atoms with Crippen molar-refractivity contribution in [2.75, 3.05) is 14.1 Å². The fourth-order valence-corrected chi connectivity index (χ4v) is 1.02. The molecule has 1 unspecified atom stereocenters. The molecule has 0 radical (unpaired) electrons. The number of carbonyl (C=O) groups excluding carboxylic acids is 1. The zero-order chi connectivity index (χ0) is 10.0. The number of nitrogens with zero attached hydrogens (tertiary/aromatic N) is 3. The van der Waals surface area contributed by atoms with E-state index in [9.17, 15) is 4.79 Å². The molecule has 0 aliphatic carbocycles. The molecule has 1 amide bonds. The van der Waals surface area contributed by atoms with Gasteiger partial charge in [-0.1, -0.05) is 0 Å². The van der Waals surface area contributed by atoms with E-state index in [4.69, 9.17) is 5.73 Å². The maximum atomic E-state index is 11.4. The van der Waals surface area contributed by atoms with Gasteiger partial charge in [-0.25, -0.2) is 0 Å². The minimum Gasteiger partial charge on any atom is -0.347 e. The first-order chi connectivity index (χ1) is 6.02. The first-order valence-corrected chi connectivity index (χ1v) is 3.97. The third kappa shape index (κ3) is 2.06. The molecule has 0 fully saturated rings. The first kappa shape index (κ1) is 9.73. The summed E-state index contributed by atoms with van der Waals surface area (Å²) in [6.07, 6.45) is 3.35. The van der Waals surface area contributed by atoms with Gasteiger partial charge in [-0.05, 0) is 0 Å². The summed E-state index contributed by atoms with van der Waals surface area (Å²) < 4.78 is 1.62. The molecule has 72 valence electrons. The standard InChI is InChI=1S/C8H14N4O/c1-11(2)8(13)7(9)6-4-10-12(3)5-6/h4-5,7H,9H2,1-3H3. The minimum atomic E-state index is -0.608. The summed E-state index contributed by atoms with van der Waals surface area (Å²) in [6, 6.07) is -0.608. The fourth-order valence-electron chi connectivity index (χ4n) is 1.02. The lowest BCUT2D eigenvalue weighted by atomic mass is 10.1. The van der Waals surface area contributed by atoms with Crippen molar-refractivity contribution in [1.29, 1.82) is 0 Å². The number of carbonyl (C=O) groups is 1. The lowest BCUT2D eigenvalue weighted by Gasteiger charge is -2.14. The van der Waals surface area contributed by atoms with Gasteiger partial charge in [0.1, 0.15) is 6.04 Å². The van der Waals surface area contributed by atoms with Crippen molar-refractivity contribution in [3.63, 3.8) is 0 Å². The van der Waals surface area contributed by atoms with Crippen molar-refractivity contribution in [3.05, 3.63) is 18.0 Å². The monoisotopic (exact) mass is 182 g/mol.